The number of hydrogen-bond acceptors (Lipinski definition) is 4. The smallest absolute Gasteiger partial charge is 0.211 e. The molecule has 0 aliphatic heterocycles. The molecule has 0 unspecified atom stereocenters. The molecule has 2 N–H and O–H groups in total. The Hall–Kier alpha value is -2.86. The quantitative estimate of drug-likeness (QED) is 0.656. The molecule has 0 spiro atoms. The molecule has 6 heteroatoms. The number of hydrogen-bond donors (Lipinski definition) is 2. The van der Waals surface area contributed by atoms with Gasteiger partial charge in [-0.15, -0.1) is 0 Å². The summed E-state index contributed by atoms with van der Waals surface area (Å²) < 4.78 is 5.77. The van der Waals surface area contributed by atoms with Crippen LogP contribution in [0.25, 0.3) is 22.4 Å². The lowest BCUT2D eigenvalue weighted by molar-refractivity contribution is -0.105. The third kappa shape index (κ3) is 3.55. The van der Waals surface area contributed by atoms with E-state index in [1.54, 1.807) is 0 Å². The van der Waals surface area contributed by atoms with Crippen molar-refractivity contribution in [3.63, 3.8) is 0 Å². The van der Waals surface area contributed by atoms with Crippen molar-refractivity contribution in [1.29, 1.82) is 0 Å². The molecule has 3 rings (SSSR count). The van der Waals surface area contributed by atoms with Gasteiger partial charge in [-0.2, -0.15) is 0 Å². The van der Waals surface area contributed by atoms with Crippen molar-refractivity contribution < 1.29 is 9.53 Å². The van der Waals surface area contributed by atoms with Crippen molar-refractivity contribution in [2.24, 2.45) is 0 Å². The Morgan fingerprint density at radius 2 is 2.08 bits per heavy atom. The predicted octanol–water partition coefficient (Wildman–Crippen LogP) is 2.74. The van der Waals surface area contributed by atoms with Crippen LogP contribution in [0.2, 0.25) is 0 Å². The van der Waals surface area contributed by atoms with E-state index in [0.717, 1.165) is 34.7 Å². The number of aromatic amines is 1. The van der Waals surface area contributed by atoms with E-state index in [0.29, 0.717) is 18.7 Å². The summed E-state index contributed by atoms with van der Waals surface area (Å²) in [5, 5.41) is 2.67. The lowest BCUT2D eigenvalue weighted by Crippen LogP contribution is -2.19. The van der Waals surface area contributed by atoms with E-state index in [2.05, 4.69) is 20.2 Å². The minimum Gasteiger partial charge on any atom is -0.492 e. The number of nitrogens with zero attached hydrogens (tertiary/aromatic N) is 2. The molecule has 0 aliphatic rings. The SMILES string of the molecule is CN(C)CCOc1cccc(-c2nc3c(NC=O)cccc3[nH]2)c1. The number of rotatable bonds is 7. The standard InChI is InChI=1S/C18H20N4O2/c1-22(2)9-10-24-14-6-3-5-13(11-14)18-20-16-8-4-7-15(19-12-23)17(16)21-18/h3-8,11-12H,9-10H2,1-2H3,(H,19,23)(H,20,21). The molecule has 1 heterocycles. The lowest BCUT2D eigenvalue weighted by Gasteiger charge is -2.11. The van der Waals surface area contributed by atoms with Gasteiger partial charge in [0.05, 0.1) is 11.2 Å². The molecule has 3 aromatic rings. The Morgan fingerprint density at radius 3 is 2.88 bits per heavy atom. The number of ether oxygens (including phenoxy) is 1. The molecular formula is C18H20N4O2. The van der Waals surface area contributed by atoms with Crippen LogP contribution in [-0.2, 0) is 4.79 Å². The number of likely N-dealkylation sites (N-methyl/N-ethyl adjacent to an activating group) is 1. The number of amides is 1. The van der Waals surface area contributed by atoms with Gasteiger partial charge in [-0.05, 0) is 38.4 Å². The molecule has 24 heavy (non-hydrogen) atoms. The van der Waals surface area contributed by atoms with Crippen LogP contribution in [0.15, 0.2) is 42.5 Å². The normalized spacial score (nSPS) is 11.0. The van der Waals surface area contributed by atoms with Crippen LogP contribution in [0.1, 0.15) is 0 Å². The first kappa shape index (κ1) is 16.0. The second-order valence-electron chi connectivity index (χ2n) is 5.73. The number of carbonyl (C=O) groups is 1. The first-order chi connectivity index (χ1) is 11.7. The number of para-hydroxylation sites is 1. The fourth-order valence-electron chi connectivity index (χ4n) is 2.43. The van der Waals surface area contributed by atoms with Crippen LogP contribution in [0, 0.1) is 0 Å². The molecule has 2 aromatic carbocycles. The summed E-state index contributed by atoms with van der Waals surface area (Å²) in [6, 6.07) is 13.4. The molecule has 0 saturated heterocycles. The first-order valence-electron chi connectivity index (χ1n) is 7.74. The molecule has 0 bridgehead atoms. The monoisotopic (exact) mass is 324 g/mol. The maximum absolute atomic E-state index is 10.7. The maximum atomic E-state index is 10.7. The molecule has 0 aliphatic carbocycles. The zero-order chi connectivity index (χ0) is 16.9. The van der Waals surface area contributed by atoms with E-state index in [-0.39, 0.29) is 0 Å². The zero-order valence-electron chi connectivity index (χ0n) is 13.7. The highest BCUT2D eigenvalue weighted by atomic mass is 16.5. The summed E-state index contributed by atoms with van der Waals surface area (Å²) in [5.41, 5.74) is 3.23. The second kappa shape index (κ2) is 7.14. The van der Waals surface area contributed by atoms with Gasteiger partial charge in [0.2, 0.25) is 6.41 Å². The number of carbonyl (C=O) groups excluding carboxylic acids is 1. The molecule has 0 saturated carbocycles. The van der Waals surface area contributed by atoms with E-state index in [1.165, 1.54) is 0 Å². The lowest BCUT2D eigenvalue weighted by atomic mass is 10.2. The highest BCUT2D eigenvalue weighted by Gasteiger charge is 2.09. The number of nitrogens with one attached hydrogen (secondary N) is 2. The molecule has 6 nitrogen and oxygen atoms in total. The van der Waals surface area contributed by atoms with Crippen molar-refractivity contribution >= 4 is 23.1 Å². The van der Waals surface area contributed by atoms with Crippen molar-refractivity contribution in [2.45, 2.75) is 0 Å². The van der Waals surface area contributed by atoms with Gasteiger partial charge in [0.25, 0.3) is 0 Å². The van der Waals surface area contributed by atoms with Crippen molar-refractivity contribution in [3.05, 3.63) is 42.5 Å². The minimum atomic E-state index is 0.629. The topological polar surface area (TPSA) is 70.2 Å². The summed E-state index contributed by atoms with van der Waals surface area (Å²) in [4.78, 5) is 20.7. The first-order valence-corrected chi connectivity index (χ1v) is 7.74. The third-order valence-corrected chi connectivity index (χ3v) is 3.64. The van der Waals surface area contributed by atoms with E-state index in [4.69, 9.17) is 4.74 Å². The van der Waals surface area contributed by atoms with Crippen LogP contribution in [0.3, 0.4) is 0 Å². The maximum Gasteiger partial charge on any atom is 0.211 e. The van der Waals surface area contributed by atoms with Gasteiger partial charge in [-0.1, -0.05) is 18.2 Å². The van der Waals surface area contributed by atoms with Crippen molar-refractivity contribution in [3.8, 4) is 17.1 Å². The number of benzene rings is 2. The molecule has 1 amide bonds. The Labute approximate surface area is 140 Å². The van der Waals surface area contributed by atoms with Crippen LogP contribution in [0.4, 0.5) is 5.69 Å². The Balaban J connectivity index is 1.87. The van der Waals surface area contributed by atoms with Gasteiger partial charge in [0.1, 0.15) is 23.7 Å². The molecular weight excluding hydrogens is 304 g/mol. The van der Waals surface area contributed by atoms with Crippen LogP contribution < -0.4 is 10.1 Å². The minimum absolute atomic E-state index is 0.629. The average molecular weight is 324 g/mol. The number of anilines is 1. The largest absolute Gasteiger partial charge is 0.492 e. The van der Waals surface area contributed by atoms with E-state index in [1.807, 2.05) is 56.6 Å². The number of fused-ring (bicyclic) bond motifs is 1. The van der Waals surface area contributed by atoms with Gasteiger partial charge in [0.15, 0.2) is 0 Å². The zero-order valence-corrected chi connectivity index (χ0v) is 13.7. The van der Waals surface area contributed by atoms with E-state index < -0.39 is 0 Å². The number of imidazole rings is 1. The van der Waals surface area contributed by atoms with Gasteiger partial charge < -0.3 is 19.9 Å². The predicted molar refractivity (Wildman–Crippen MR) is 95.3 cm³/mol. The van der Waals surface area contributed by atoms with Gasteiger partial charge in [-0.3, -0.25) is 4.79 Å². The van der Waals surface area contributed by atoms with Gasteiger partial charge in [0, 0.05) is 12.1 Å². The Morgan fingerprint density at radius 1 is 1.25 bits per heavy atom. The average Bonchev–Trinajstić information content (AvgIpc) is 3.00. The van der Waals surface area contributed by atoms with E-state index >= 15 is 0 Å². The Kier molecular flexibility index (Phi) is 4.77. The fourth-order valence-corrected chi connectivity index (χ4v) is 2.43. The summed E-state index contributed by atoms with van der Waals surface area (Å²) >= 11 is 0. The summed E-state index contributed by atoms with van der Waals surface area (Å²) in [6.45, 7) is 1.49. The second-order valence-corrected chi connectivity index (χ2v) is 5.73. The molecule has 124 valence electrons. The summed E-state index contributed by atoms with van der Waals surface area (Å²) in [5.74, 6) is 1.55. The molecule has 0 radical (unpaired) electrons. The van der Waals surface area contributed by atoms with E-state index in [9.17, 15) is 4.79 Å². The summed E-state index contributed by atoms with van der Waals surface area (Å²) in [6.07, 6.45) is 0.655. The van der Waals surface area contributed by atoms with Crippen LogP contribution in [-0.4, -0.2) is 48.5 Å². The Bertz CT molecular complexity index is 842. The number of aromatic nitrogens is 2. The third-order valence-electron chi connectivity index (χ3n) is 3.64. The summed E-state index contributed by atoms with van der Waals surface area (Å²) in [7, 11) is 4.03. The highest BCUT2D eigenvalue weighted by Crippen LogP contribution is 2.27. The van der Waals surface area contributed by atoms with Crippen molar-refractivity contribution in [1.82, 2.24) is 14.9 Å². The molecule has 1 aromatic heterocycles. The van der Waals surface area contributed by atoms with Crippen molar-refractivity contribution in [2.75, 3.05) is 32.6 Å². The number of H-pyrrole nitrogens is 1. The van der Waals surface area contributed by atoms with Gasteiger partial charge >= 0.3 is 0 Å². The highest BCUT2D eigenvalue weighted by molar-refractivity contribution is 5.94. The molecule has 0 atom stereocenters. The van der Waals surface area contributed by atoms with Crippen LogP contribution >= 0.6 is 0 Å². The fraction of sp³-hybridized carbons (Fsp3) is 0.222. The van der Waals surface area contributed by atoms with Crippen LogP contribution in [0.5, 0.6) is 5.75 Å². The van der Waals surface area contributed by atoms with Gasteiger partial charge in [-0.25, -0.2) is 4.98 Å². The molecule has 0 fully saturated rings.